The maximum absolute atomic E-state index is 14.4. The summed E-state index contributed by atoms with van der Waals surface area (Å²) in [6, 6.07) is 16.4. The number of ether oxygens (including phenoxy) is 2. The second kappa shape index (κ2) is 16.1. The number of alkyl halides is 3. The number of esters is 2. The Labute approximate surface area is 314 Å². The molecule has 1 aliphatic heterocycles. The first-order valence-corrected chi connectivity index (χ1v) is 19.8. The summed E-state index contributed by atoms with van der Waals surface area (Å²) in [5.41, 5.74) is -0.603. The quantitative estimate of drug-likeness (QED) is 0.0863. The van der Waals surface area contributed by atoms with Crippen molar-refractivity contribution < 1.29 is 58.2 Å². The first-order chi connectivity index (χ1) is 25.8. The molecule has 14 nitrogen and oxygen atoms in total. The highest BCUT2D eigenvalue weighted by atomic mass is 32.2. The Balaban J connectivity index is 1.70. The molecule has 0 aliphatic carbocycles. The van der Waals surface area contributed by atoms with Crippen LogP contribution in [0.15, 0.2) is 82.6 Å². The van der Waals surface area contributed by atoms with E-state index < -0.39 is 104 Å². The number of benzene rings is 3. The van der Waals surface area contributed by atoms with Gasteiger partial charge in [0, 0.05) is 35.3 Å². The van der Waals surface area contributed by atoms with E-state index in [2.05, 4.69) is 4.98 Å². The molecule has 1 aromatic heterocycles. The summed E-state index contributed by atoms with van der Waals surface area (Å²) in [4.78, 5) is 39.3. The first kappa shape index (κ1) is 41.3. The van der Waals surface area contributed by atoms with Gasteiger partial charge in [0.1, 0.15) is 5.60 Å². The fraction of sp³-hybridized carbons (Fsp3) is 0.389. The van der Waals surface area contributed by atoms with E-state index in [1.165, 1.54) is 31.2 Å². The van der Waals surface area contributed by atoms with Crippen LogP contribution in [0.3, 0.4) is 0 Å². The Hall–Kier alpha value is -4.85. The van der Waals surface area contributed by atoms with Gasteiger partial charge in [-0.3, -0.25) is 19.1 Å². The van der Waals surface area contributed by atoms with Gasteiger partial charge < -0.3 is 14.5 Å². The zero-order valence-corrected chi connectivity index (χ0v) is 31.5. The van der Waals surface area contributed by atoms with Gasteiger partial charge in [0.05, 0.1) is 40.9 Å². The lowest BCUT2D eigenvalue weighted by molar-refractivity contribution is -0.384. The van der Waals surface area contributed by atoms with Crippen LogP contribution in [0.5, 0.6) is 0 Å². The lowest BCUT2D eigenvalue weighted by Gasteiger charge is -2.39. The zero-order valence-electron chi connectivity index (χ0n) is 29.9. The third kappa shape index (κ3) is 9.17. The summed E-state index contributed by atoms with van der Waals surface area (Å²) in [5, 5.41) is 11.9. The van der Waals surface area contributed by atoms with Crippen molar-refractivity contribution in [2.45, 2.75) is 67.0 Å². The minimum atomic E-state index is -5.51. The Morgan fingerprint density at radius 2 is 1.64 bits per heavy atom. The van der Waals surface area contributed by atoms with Crippen LogP contribution in [-0.2, 0) is 49.8 Å². The zero-order chi connectivity index (χ0) is 40.3. The number of carbonyl (C=O) groups excluding carboxylic acids is 2. The van der Waals surface area contributed by atoms with Crippen LogP contribution in [0, 0.1) is 23.0 Å². The highest BCUT2D eigenvalue weighted by molar-refractivity contribution is 7.89. The Kier molecular flexibility index (Phi) is 12.1. The number of halogens is 3. The lowest BCUT2D eigenvalue weighted by Crippen LogP contribution is -2.51. The number of aromatic nitrogens is 1. The third-order valence-corrected chi connectivity index (χ3v) is 12.8. The number of H-pyrrole nitrogens is 1. The summed E-state index contributed by atoms with van der Waals surface area (Å²) < 4.78 is 114. The van der Waals surface area contributed by atoms with Crippen LogP contribution < -0.4 is 0 Å². The molecular weight excluding hydrogens is 772 g/mol. The molecule has 3 aromatic carbocycles. The average Bonchev–Trinajstić information content (AvgIpc) is 3.50. The molecule has 3 atom stereocenters. The van der Waals surface area contributed by atoms with Gasteiger partial charge in [-0.2, -0.15) is 25.9 Å². The van der Waals surface area contributed by atoms with Crippen molar-refractivity contribution in [3.63, 3.8) is 0 Å². The van der Waals surface area contributed by atoms with Crippen molar-refractivity contribution in [1.29, 1.82) is 0 Å². The number of carbonyl (C=O) groups is 2. The van der Waals surface area contributed by atoms with Gasteiger partial charge >= 0.3 is 18.1 Å². The van der Waals surface area contributed by atoms with Crippen molar-refractivity contribution in [2.24, 2.45) is 5.92 Å². The molecule has 1 unspecified atom stereocenters. The number of nitrogens with zero attached hydrogens (tertiary/aromatic N) is 2. The van der Waals surface area contributed by atoms with Gasteiger partial charge in [0.2, 0.25) is 10.0 Å². The smallest absolute Gasteiger partial charge is 0.469 e. The van der Waals surface area contributed by atoms with Gasteiger partial charge in [0.15, 0.2) is 0 Å². The van der Waals surface area contributed by atoms with E-state index in [1.807, 2.05) is 0 Å². The van der Waals surface area contributed by atoms with Gasteiger partial charge in [-0.15, -0.1) is 0 Å². The van der Waals surface area contributed by atoms with Crippen molar-refractivity contribution in [2.75, 3.05) is 26.8 Å². The Morgan fingerprint density at radius 1 is 1.00 bits per heavy atom. The van der Waals surface area contributed by atoms with E-state index in [0.29, 0.717) is 22.2 Å². The third-order valence-electron chi connectivity index (χ3n) is 9.63. The highest BCUT2D eigenvalue weighted by Gasteiger charge is 2.49. The average molecular weight is 810 g/mol. The van der Waals surface area contributed by atoms with Crippen molar-refractivity contribution in [3.05, 3.63) is 99.7 Å². The molecule has 296 valence electrons. The number of hydrogen-bond donors (Lipinski definition) is 1. The van der Waals surface area contributed by atoms with E-state index in [1.54, 1.807) is 31.2 Å². The standard InChI is InChI=1S/C36H38F3N3O11S2/c1-4-35(53-34(44)36(37,38)39)20-24(21-52-55(49,50)27-13-9-23(2)10-14-27)19-30(33(43)51-3)32-29(28-7-5-6-8-31(28)40-32)17-18-41(22-35)54(47,48)26-15-11-25(12-16-26)42(45)46/h5-16,24,30,40H,4,17-22H2,1-3H3/t24-,30?,35+/m1/s1. The maximum Gasteiger partial charge on any atom is 0.490 e. The number of methoxy groups -OCH3 is 1. The van der Waals surface area contributed by atoms with Crippen LogP contribution in [0.2, 0.25) is 0 Å². The Bertz CT molecular complexity index is 2280. The number of sulfonamides is 1. The van der Waals surface area contributed by atoms with Crippen LogP contribution in [0.1, 0.15) is 48.9 Å². The molecule has 19 heteroatoms. The summed E-state index contributed by atoms with van der Waals surface area (Å²) in [5.74, 6) is -5.80. The molecule has 5 rings (SSSR count). The van der Waals surface area contributed by atoms with E-state index in [4.69, 9.17) is 13.7 Å². The number of nitrogens with one attached hydrogen (secondary N) is 1. The first-order valence-electron chi connectivity index (χ1n) is 17.0. The number of non-ortho nitro benzene ring substituents is 1. The number of hydrogen-bond acceptors (Lipinski definition) is 11. The molecular formula is C36H38F3N3O11S2. The molecule has 4 aromatic rings. The van der Waals surface area contributed by atoms with Crippen LogP contribution >= 0.6 is 0 Å². The molecule has 0 bridgehead atoms. The van der Waals surface area contributed by atoms with Gasteiger partial charge in [-0.25, -0.2) is 13.2 Å². The summed E-state index contributed by atoms with van der Waals surface area (Å²) in [6.45, 7) is 1.11. The molecule has 0 spiro atoms. The fourth-order valence-electron chi connectivity index (χ4n) is 6.74. The molecule has 1 N–H and O–H groups in total. The van der Waals surface area contributed by atoms with Crippen molar-refractivity contribution in [3.8, 4) is 0 Å². The predicted octanol–water partition coefficient (Wildman–Crippen LogP) is 5.94. The maximum atomic E-state index is 14.4. The van der Waals surface area contributed by atoms with Crippen molar-refractivity contribution in [1.82, 2.24) is 9.29 Å². The summed E-state index contributed by atoms with van der Waals surface area (Å²) in [7, 11) is -8.05. The van der Waals surface area contributed by atoms with Gasteiger partial charge in [0.25, 0.3) is 15.8 Å². The normalized spacial score (nSPS) is 20.3. The SMILES string of the molecule is CC[C@]1(OC(=O)C(F)(F)F)C[C@H](COS(=O)(=O)c2ccc(C)cc2)CC(C(=O)OC)c2[nH]c3ccccc3c2CCN(S(=O)(=O)c2ccc([N+](=O)[O-])cc2)C1. The number of nitro benzene ring substituents is 1. The van der Waals surface area contributed by atoms with E-state index in [-0.39, 0.29) is 17.7 Å². The van der Waals surface area contributed by atoms with Crippen LogP contribution in [0.25, 0.3) is 10.9 Å². The molecule has 55 heavy (non-hydrogen) atoms. The summed E-state index contributed by atoms with van der Waals surface area (Å²) >= 11 is 0. The topological polar surface area (TPSA) is 192 Å². The van der Waals surface area contributed by atoms with E-state index in [0.717, 1.165) is 41.2 Å². The molecule has 0 fully saturated rings. The number of nitro groups is 1. The Morgan fingerprint density at radius 3 is 2.24 bits per heavy atom. The van der Waals surface area contributed by atoms with E-state index in [9.17, 15) is 49.7 Å². The monoisotopic (exact) mass is 809 g/mol. The fourth-order valence-corrected chi connectivity index (χ4v) is 9.23. The predicted molar refractivity (Wildman–Crippen MR) is 191 cm³/mol. The number of aromatic amines is 1. The lowest BCUT2D eigenvalue weighted by atomic mass is 9.82. The molecule has 0 saturated heterocycles. The summed E-state index contributed by atoms with van der Waals surface area (Å²) in [6.07, 6.45) is -6.93. The minimum absolute atomic E-state index is 0.116. The molecule has 2 heterocycles. The minimum Gasteiger partial charge on any atom is -0.469 e. The molecule has 0 radical (unpaired) electrons. The second-order valence-electron chi connectivity index (χ2n) is 13.3. The highest BCUT2D eigenvalue weighted by Crippen LogP contribution is 2.40. The number of para-hydroxylation sites is 1. The van der Waals surface area contributed by atoms with Crippen LogP contribution in [-0.4, -0.2) is 81.6 Å². The van der Waals surface area contributed by atoms with E-state index >= 15 is 0 Å². The van der Waals surface area contributed by atoms with Gasteiger partial charge in [-0.05, 0) is 74.4 Å². The number of aryl methyl sites for hydroxylation is 1. The second-order valence-corrected chi connectivity index (χ2v) is 16.8. The van der Waals surface area contributed by atoms with Gasteiger partial charge in [-0.1, -0.05) is 42.8 Å². The molecule has 1 aliphatic rings. The number of fused-ring (bicyclic) bond motifs is 3. The molecule has 0 amide bonds. The van der Waals surface area contributed by atoms with Crippen molar-refractivity contribution >= 4 is 48.7 Å². The molecule has 0 saturated carbocycles. The van der Waals surface area contributed by atoms with Crippen LogP contribution in [0.4, 0.5) is 18.9 Å². The largest absolute Gasteiger partial charge is 0.490 e. The number of rotatable bonds is 10.